The molecule has 0 unspecified atom stereocenters. The summed E-state index contributed by atoms with van der Waals surface area (Å²) in [4.78, 5) is 86.9. The molecule has 0 bridgehead atoms. The number of rotatable bonds is 12. The summed E-state index contributed by atoms with van der Waals surface area (Å²) in [6.07, 6.45) is -8.99. The summed E-state index contributed by atoms with van der Waals surface area (Å²) >= 11 is 0. The minimum atomic E-state index is -1.57. The molecule has 2 aromatic carbocycles. The van der Waals surface area contributed by atoms with Crippen LogP contribution in [-0.4, -0.2) is 98.7 Å². The van der Waals surface area contributed by atoms with E-state index < -0.39 is 91.5 Å². The zero-order valence-electron chi connectivity index (χ0n) is 28.1. The Balaban J connectivity index is 1.49. The monoisotopic (exact) mass is 697 g/mol. The number of hydrogen-bond donors (Lipinski definition) is 3. The number of nitrogens with one attached hydrogen (secondary N) is 3. The highest BCUT2D eigenvalue weighted by molar-refractivity contribution is 5.91. The van der Waals surface area contributed by atoms with Crippen molar-refractivity contribution < 1.29 is 62.0 Å². The van der Waals surface area contributed by atoms with Crippen LogP contribution in [0.5, 0.6) is 0 Å². The van der Waals surface area contributed by atoms with E-state index in [4.69, 9.17) is 28.4 Å². The zero-order chi connectivity index (χ0) is 36.5. The molecule has 6 atom stereocenters. The van der Waals surface area contributed by atoms with Gasteiger partial charge in [0.2, 0.25) is 11.8 Å². The smallest absolute Gasteiger partial charge is 0.407 e. The number of carbonyl (C=O) groups excluding carboxylic acids is 7. The van der Waals surface area contributed by atoms with Gasteiger partial charge in [0, 0.05) is 40.7 Å². The SMILES string of the molecule is CNC(=O)[C@H](CC(=O)N[C@H]1O[C@H](COC(C)=O)[C@H](OC(C)=O)[C@H](OC(C)=O)[C@H]1OC(C)=O)NC(=O)OCC1c2ccccc2-c2ccccc21. The molecule has 0 radical (unpaired) electrons. The number of alkyl carbamates (subject to hydrolysis) is 1. The van der Waals surface area contributed by atoms with Crippen molar-refractivity contribution in [2.75, 3.05) is 20.3 Å². The summed E-state index contributed by atoms with van der Waals surface area (Å²) in [5, 5.41) is 7.26. The number of amides is 3. The standard InChI is InChI=1S/C34H39N3O13/c1-17(38)45-16-27-29(47-18(2)39)30(48-19(3)40)31(49-20(4)41)33(50-27)37-28(42)14-26(32(43)35-5)36-34(44)46-15-25-23-12-8-6-10-21(23)22-11-7-9-13-24(22)25/h6-13,25-27,29-31,33H,14-16H2,1-5H3,(H,35,43)(H,36,44)(H,37,42)/t26-,27+,29-,30-,31+,33-/m0/s1. The van der Waals surface area contributed by atoms with E-state index >= 15 is 0 Å². The maximum atomic E-state index is 13.4. The van der Waals surface area contributed by atoms with Crippen LogP contribution >= 0.6 is 0 Å². The van der Waals surface area contributed by atoms with Crippen molar-refractivity contribution in [3.8, 4) is 11.1 Å². The summed E-state index contributed by atoms with van der Waals surface area (Å²) in [6, 6.07) is 14.1. The van der Waals surface area contributed by atoms with E-state index in [1.807, 2.05) is 48.5 Å². The molecular weight excluding hydrogens is 658 g/mol. The first-order chi connectivity index (χ1) is 23.8. The van der Waals surface area contributed by atoms with Crippen LogP contribution in [0.4, 0.5) is 4.79 Å². The van der Waals surface area contributed by atoms with Gasteiger partial charge in [0.1, 0.15) is 25.4 Å². The lowest BCUT2D eigenvalue weighted by atomic mass is 9.97. The predicted octanol–water partition coefficient (Wildman–Crippen LogP) is 1.23. The van der Waals surface area contributed by atoms with Crippen molar-refractivity contribution in [2.24, 2.45) is 0 Å². The average Bonchev–Trinajstić information content (AvgIpc) is 3.37. The zero-order valence-corrected chi connectivity index (χ0v) is 28.1. The van der Waals surface area contributed by atoms with Crippen molar-refractivity contribution >= 4 is 41.8 Å². The molecule has 0 saturated carbocycles. The largest absolute Gasteiger partial charge is 0.463 e. The normalized spacial score (nSPS) is 21.3. The molecule has 1 heterocycles. The molecule has 1 saturated heterocycles. The van der Waals surface area contributed by atoms with Crippen LogP contribution in [0.15, 0.2) is 48.5 Å². The van der Waals surface area contributed by atoms with Crippen LogP contribution < -0.4 is 16.0 Å². The van der Waals surface area contributed by atoms with Crippen molar-refractivity contribution in [3.05, 3.63) is 59.7 Å². The third-order valence-electron chi connectivity index (χ3n) is 7.88. The Labute approximate surface area is 287 Å². The Kier molecular flexibility index (Phi) is 12.5. The van der Waals surface area contributed by atoms with Crippen LogP contribution in [0.2, 0.25) is 0 Å². The summed E-state index contributed by atoms with van der Waals surface area (Å²) in [5.74, 6) is -5.11. The van der Waals surface area contributed by atoms with Crippen LogP contribution in [-0.2, 0) is 57.2 Å². The third-order valence-corrected chi connectivity index (χ3v) is 7.88. The van der Waals surface area contributed by atoms with Crippen LogP contribution in [0.1, 0.15) is 51.2 Å². The van der Waals surface area contributed by atoms with Crippen molar-refractivity contribution in [1.82, 2.24) is 16.0 Å². The minimum absolute atomic E-state index is 0.0444. The molecule has 4 rings (SSSR count). The van der Waals surface area contributed by atoms with Gasteiger partial charge in [-0.15, -0.1) is 0 Å². The van der Waals surface area contributed by atoms with Crippen LogP contribution in [0, 0.1) is 0 Å². The van der Waals surface area contributed by atoms with Crippen LogP contribution in [0.3, 0.4) is 0 Å². The number of carbonyl (C=O) groups is 7. The Bertz CT molecular complexity index is 1580. The fraction of sp³-hybridized carbons (Fsp3) is 0.441. The molecule has 16 nitrogen and oxygen atoms in total. The first-order valence-corrected chi connectivity index (χ1v) is 15.7. The van der Waals surface area contributed by atoms with Gasteiger partial charge in [0.05, 0.1) is 6.42 Å². The van der Waals surface area contributed by atoms with Crippen molar-refractivity contribution in [1.29, 1.82) is 0 Å². The highest BCUT2D eigenvalue weighted by Crippen LogP contribution is 2.44. The number of likely N-dealkylation sites (N-methyl/N-ethyl adjacent to an activating group) is 1. The van der Waals surface area contributed by atoms with Gasteiger partial charge in [0.15, 0.2) is 24.5 Å². The van der Waals surface area contributed by atoms with Crippen LogP contribution in [0.25, 0.3) is 11.1 Å². The van der Waals surface area contributed by atoms with E-state index in [2.05, 4.69) is 16.0 Å². The van der Waals surface area contributed by atoms with Gasteiger partial charge in [-0.05, 0) is 22.3 Å². The number of ether oxygens (including phenoxy) is 6. The van der Waals surface area contributed by atoms with E-state index in [1.54, 1.807) is 0 Å². The predicted molar refractivity (Wildman–Crippen MR) is 171 cm³/mol. The highest BCUT2D eigenvalue weighted by atomic mass is 16.7. The summed E-state index contributed by atoms with van der Waals surface area (Å²) in [7, 11) is 1.31. The fourth-order valence-electron chi connectivity index (χ4n) is 5.91. The second-order valence-electron chi connectivity index (χ2n) is 11.5. The molecule has 3 amide bonds. The van der Waals surface area contributed by atoms with Gasteiger partial charge in [-0.25, -0.2) is 4.79 Å². The Hall–Kier alpha value is -5.51. The maximum absolute atomic E-state index is 13.4. The fourth-order valence-corrected chi connectivity index (χ4v) is 5.91. The molecule has 0 spiro atoms. The molecule has 268 valence electrons. The number of fused-ring (bicyclic) bond motifs is 3. The van der Waals surface area contributed by atoms with Gasteiger partial charge in [-0.1, -0.05) is 48.5 Å². The van der Waals surface area contributed by atoms with Gasteiger partial charge in [-0.2, -0.15) is 0 Å². The molecule has 50 heavy (non-hydrogen) atoms. The lowest BCUT2D eigenvalue weighted by Gasteiger charge is -2.44. The average molecular weight is 698 g/mol. The Morgan fingerprint density at radius 2 is 1.24 bits per heavy atom. The van der Waals surface area contributed by atoms with Gasteiger partial charge < -0.3 is 44.4 Å². The number of hydrogen-bond acceptors (Lipinski definition) is 13. The van der Waals surface area contributed by atoms with E-state index in [-0.39, 0.29) is 12.5 Å². The molecule has 1 aliphatic carbocycles. The third kappa shape index (κ3) is 9.34. The molecule has 0 aromatic heterocycles. The second kappa shape index (κ2) is 16.7. The molecular formula is C34H39N3O13. The molecule has 2 aromatic rings. The lowest BCUT2D eigenvalue weighted by Crippen LogP contribution is -2.66. The lowest BCUT2D eigenvalue weighted by molar-refractivity contribution is -0.257. The topological polar surface area (TPSA) is 211 Å². The van der Waals surface area contributed by atoms with E-state index in [1.165, 1.54) is 7.05 Å². The first-order valence-electron chi connectivity index (χ1n) is 15.7. The van der Waals surface area contributed by atoms with Crippen molar-refractivity contribution in [3.63, 3.8) is 0 Å². The summed E-state index contributed by atoms with van der Waals surface area (Å²) in [6.45, 7) is 3.76. The molecule has 1 aliphatic heterocycles. The second-order valence-corrected chi connectivity index (χ2v) is 11.5. The number of benzene rings is 2. The van der Waals surface area contributed by atoms with Gasteiger partial charge >= 0.3 is 30.0 Å². The molecule has 1 fully saturated rings. The Morgan fingerprint density at radius 3 is 1.78 bits per heavy atom. The van der Waals surface area contributed by atoms with Crippen molar-refractivity contribution in [2.45, 2.75) is 76.7 Å². The summed E-state index contributed by atoms with van der Waals surface area (Å²) in [5.41, 5.74) is 4.01. The quantitative estimate of drug-likeness (QED) is 0.211. The molecule has 2 aliphatic rings. The summed E-state index contributed by atoms with van der Waals surface area (Å²) < 4.78 is 32.5. The Morgan fingerprint density at radius 1 is 0.700 bits per heavy atom. The first kappa shape index (κ1) is 37.3. The maximum Gasteiger partial charge on any atom is 0.407 e. The van der Waals surface area contributed by atoms with Gasteiger partial charge in [0.25, 0.3) is 0 Å². The van der Waals surface area contributed by atoms with E-state index in [0.717, 1.165) is 49.9 Å². The minimum Gasteiger partial charge on any atom is -0.463 e. The van der Waals surface area contributed by atoms with Gasteiger partial charge in [-0.3, -0.25) is 28.8 Å². The number of esters is 4. The van der Waals surface area contributed by atoms with E-state index in [0.29, 0.717) is 0 Å². The molecule has 16 heteroatoms. The molecule has 3 N–H and O–H groups in total. The highest BCUT2D eigenvalue weighted by Gasteiger charge is 2.52. The van der Waals surface area contributed by atoms with E-state index in [9.17, 15) is 33.6 Å².